The summed E-state index contributed by atoms with van der Waals surface area (Å²) < 4.78 is 5.41. The zero-order valence-corrected chi connectivity index (χ0v) is 13.3. The topological polar surface area (TPSA) is 53.0 Å². The molecule has 1 amide bonds. The number of aromatic hydroxyl groups is 1. The van der Waals surface area contributed by atoms with Crippen LogP contribution in [0.25, 0.3) is 0 Å². The molecule has 1 N–H and O–H groups in total. The van der Waals surface area contributed by atoms with Gasteiger partial charge in [0.05, 0.1) is 12.2 Å². The van der Waals surface area contributed by atoms with Crippen molar-refractivity contribution in [1.29, 1.82) is 0 Å². The lowest BCUT2D eigenvalue weighted by molar-refractivity contribution is 0.0608. The van der Waals surface area contributed by atoms with Gasteiger partial charge in [-0.3, -0.25) is 9.69 Å². The van der Waals surface area contributed by atoms with E-state index in [1.165, 1.54) is 6.07 Å². The van der Waals surface area contributed by atoms with Crippen LogP contribution in [0.2, 0.25) is 5.02 Å². The molecule has 22 heavy (non-hydrogen) atoms. The Morgan fingerprint density at radius 2 is 2.09 bits per heavy atom. The minimum Gasteiger partial charge on any atom is -0.507 e. The minimum absolute atomic E-state index is 0.0527. The molecule has 1 unspecified atom stereocenters. The Kier molecular flexibility index (Phi) is 4.86. The molecule has 0 saturated carbocycles. The summed E-state index contributed by atoms with van der Waals surface area (Å²) in [6.07, 6.45) is 1.14. The lowest BCUT2D eigenvalue weighted by Gasteiger charge is -2.35. The van der Waals surface area contributed by atoms with Gasteiger partial charge in [0, 0.05) is 44.4 Å². The number of hydrogen-bond donors (Lipinski definition) is 1. The number of rotatable bonds is 3. The molecule has 2 heterocycles. The average molecular weight is 325 g/mol. The first kappa shape index (κ1) is 15.6. The second kappa shape index (κ2) is 6.86. The van der Waals surface area contributed by atoms with Crippen LogP contribution >= 0.6 is 11.6 Å². The Hall–Kier alpha value is -1.30. The predicted molar refractivity (Wildman–Crippen MR) is 84.4 cm³/mol. The maximum absolute atomic E-state index is 12.5. The highest BCUT2D eigenvalue weighted by atomic mass is 35.5. The Balaban J connectivity index is 1.55. The Labute approximate surface area is 135 Å². The van der Waals surface area contributed by atoms with Crippen molar-refractivity contribution in [3.63, 3.8) is 0 Å². The number of ether oxygens (including phenoxy) is 1. The fraction of sp³-hybridized carbons (Fsp3) is 0.562. The number of hydrogen-bond acceptors (Lipinski definition) is 4. The monoisotopic (exact) mass is 324 g/mol. The molecule has 6 heteroatoms. The van der Waals surface area contributed by atoms with E-state index in [1.807, 2.05) is 0 Å². The molecule has 120 valence electrons. The molecule has 3 rings (SSSR count). The smallest absolute Gasteiger partial charge is 0.257 e. The van der Waals surface area contributed by atoms with E-state index in [0.29, 0.717) is 29.6 Å². The molecular weight excluding hydrogens is 304 g/mol. The standard InChI is InChI=1S/C16H21ClN2O3/c17-13-1-2-14(15(20)9-13)16(21)19-6-4-18(5-7-19)10-12-3-8-22-11-12/h1-2,9,12,20H,3-8,10-11H2. The third kappa shape index (κ3) is 3.54. The number of amides is 1. The Bertz CT molecular complexity index is 538. The number of halogens is 1. The first-order valence-electron chi connectivity index (χ1n) is 7.71. The van der Waals surface area contributed by atoms with Crippen LogP contribution in [0.3, 0.4) is 0 Å². The highest BCUT2D eigenvalue weighted by Crippen LogP contribution is 2.24. The van der Waals surface area contributed by atoms with Crippen LogP contribution in [0.1, 0.15) is 16.8 Å². The zero-order chi connectivity index (χ0) is 15.5. The molecule has 2 saturated heterocycles. The molecular formula is C16H21ClN2O3. The van der Waals surface area contributed by atoms with Gasteiger partial charge in [-0.15, -0.1) is 0 Å². The first-order valence-corrected chi connectivity index (χ1v) is 8.09. The van der Waals surface area contributed by atoms with Gasteiger partial charge in [0.2, 0.25) is 0 Å². The second-order valence-corrected chi connectivity index (χ2v) is 6.42. The van der Waals surface area contributed by atoms with Crippen molar-refractivity contribution in [2.24, 2.45) is 5.92 Å². The molecule has 0 bridgehead atoms. The normalized spacial score (nSPS) is 23.0. The van der Waals surface area contributed by atoms with Crippen molar-refractivity contribution < 1.29 is 14.6 Å². The lowest BCUT2D eigenvalue weighted by Crippen LogP contribution is -2.49. The molecule has 2 aliphatic heterocycles. The van der Waals surface area contributed by atoms with E-state index in [0.717, 1.165) is 39.3 Å². The van der Waals surface area contributed by atoms with Crippen LogP contribution in [0, 0.1) is 5.92 Å². The molecule has 2 fully saturated rings. The summed E-state index contributed by atoms with van der Waals surface area (Å²) in [5, 5.41) is 10.3. The van der Waals surface area contributed by atoms with E-state index < -0.39 is 0 Å². The van der Waals surface area contributed by atoms with E-state index in [9.17, 15) is 9.90 Å². The van der Waals surface area contributed by atoms with E-state index in [4.69, 9.17) is 16.3 Å². The Morgan fingerprint density at radius 3 is 2.73 bits per heavy atom. The number of phenols is 1. The third-order valence-electron chi connectivity index (χ3n) is 4.39. The van der Waals surface area contributed by atoms with Gasteiger partial charge in [0.25, 0.3) is 5.91 Å². The minimum atomic E-state index is -0.127. The average Bonchev–Trinajstić information content (AvgIpc) is 3.00. The number of piperazine rings is 1. The molecule has 1 aromatic rings. The number of phenolic OH excluding ortho intramolecular Hbond substituents is 1. The summed E-state index contributed by atoms with van der Waals surface area (Å²) in [5.74, 6) is 0.448. The van der Waals surface area contributed by atoms with Crippen molar-refractivity contribution in [3.8, 4) is 5.75 Å². The SMILES string of the molecule is O=C(c1ccc(Cl)cc1O)N1CCN(CC2CCOC2)CC1. The summed E-state index contributed by atoms with van der Waals surface area (Å²) >= 11 is 5.81. The lowest BCUT2D eigenvalue weighted by atomic mass is 10.1. The van der Waals surface area contributed by atoms with Crippen molar-refractivity contribution in [2.45, 2.75) is 6.42 Å². The molecule has 1 aromatic carbocycles. The Morgan fingerprint density at radius 1 is 1.32 bits per heavy atom. The maximum Gasteiger partial charge on any atom is 0.257 e. The van der Waals surface area contributed by atoms with E-state index in [2.05, 4.69) is 4.90 Å². The van der Waals surface area contributed by atoms with Gasteiger partial charge < -0.3 is 14.7 Å². The summed E-state index contributed by atoms with van der Waals surface area (Å²) in [7, 11) is 0. The van der Waals surface area contributed by atoms with E-state index in [1.54, 1.807) is 17.0 Å². The maximum atomic E-state index is 12.5. The summed E-state index contributed by atoms with van der Waals surface area (Å²) in [5.41, 5.74) is 0.321. The van der Waals surface area contributed by atoms with Crippen LogP contribution < -0.4 is 0 Å². The first-order chi connectivity index (χ1) is 10.6. The van der Waals surface area contributed by atoms with Crippen molar-refractivity contribution in [3.05, 3.63) is 28.8 Å². The van der Waals surface area contributed by atoms with Gasteiger partial charge in [0.1, 0.15) is 5.75 Å². The molecule has 2 aliphatic rings. The largest absolute Gasteiger partial charge is 0.507 e. The third-order valence-corrected chi connectivity index (χ3v) is 4.63. The number of carbonyl (C=O) groups excluding carboxylic acids is 1. The summed E-state index contributed by atoms with van der Waals surface area (Å²) in [4.78, 5) is 16.7. The van der Waals surface area contributed by atoms with Gasteiger partial charge in [-0.2, -0.15) is 0 Å². The zero-order valence-electron chi connectivity index (χ0n) is 12.5. The second-order valence-electron chi connectivity index (χ2n) is 5.98. The highest BCUT2D eigenvalue weighted by molar-refractivity contribution is 6.30. The van der Waals surface area contributed by atoms with Gasteiger partial charge in [-0.05, 0) is 30.5 Å². The molecule has 1 atom stereocenters. The fourth-order valence-electron chi connectivity index (χ4n) is 3.08. The van der Waals surface area contributed by atoms with Crippen LogP contribution in [0.15, 0.2) is 18.2 Å². The molecule has 0 radical (unpaired) electrons. The van der Waals surface area contributed by atoms with Crippen molar-refractivity contribution >= 4 is 17.5 Å². The molecule has 0 aliphatic carbocycles. The van der Waals surface area contributed by atoms with Crippen molar-refractivity contribution in [1.82, 2.24) is 9.80 Å². The quantitative estimate of drug-likeness (QED) is 0.922. The van der Waals surface area contributed by atoms with Crippen LogP contribution in [0.4, 0.5) is 0 Å². The molecule has 0 spiro atoms. The van der Waals surface area contributed by atoms with Crippen LogP contribution in [0.5, 0.6) is 5.75 Å². The summed E-state index contributed by atoms with van der Waals surface area (Å²) in [6, 6.07) is 4.62. The number of benzene rings is 1. The van der Waals surface area contributed by atoms with Gasteiger partial charge >= 0.3 is 0 Å². The molecule has 5 nitrogen and oxygen atoms in total. The van der Waals surface area contributed by atoms with Crippen LogP contribution in [-0.2, 0) is 4.74 Å². The molecule has 0 aromatic heterocycles. The van der Waals surface area contributed by atoms with Crippen molar-refractivity contribution in [2.75, 3.05) is 45.9 Å². The van der Waals surface area contributed by atoms with Gasteiger partial charge in [-0.1, -0.05) is 11.6 Å². The van der Waals surface area contributed by atoms with Gasteiger partial charge in [-0.25, -0.2) is 0 Å². The summed E-state index contributed by atoms with van der Waals surface area (Å²) in [6.45, 7) is 5.90. The van der Waals surface area contributed by atoms with E-state index in [-0.39, 0.29) is 11.7 Å². The number of carbonyl (C=O) groups is 1. The van der Waals surface area contributed by atoms with Gasteiger partial charge in [0.15, 0.2) is 0 Å². The van der Waals surface area contributed by atoms with E-state index >= 15 is 0 Å². The van der Waals surface area contributed by atoms with Crippen LogP contribution in [-0.4, -0.2) is 66.8 Å². The fourth-order valence-corrected chi connectivity index (χ4v) is 3.25. The predicted octanol–water partition coefficient (Wildman–Crippen LogP) is 1.84. The highest BCUT2D eigenvalue weighted by Gasteiger charge is 2.26. The number of nitrogens with zero attached hydrogens (tertiary/aromatic N) is 2.